The fourth-order valence-corrected chi connectivity index (χ4v) is 3.26. The first-order valence-corrected chi connectivity index (χ1v) is 9.65. The number of nitrogens with one attached hydrogen (secondary N) is 3. The number of nitrogens with zero attached hydrogens (tertiary/aromatic N) is 1. The zero-order valence-corrected chi connectivity index (χ0v) is 15.8. The van der Waals surface area contributed by atoms with Gasteiger partial charge in [0.05, 0.1) is 0 Å². The Morgan fingerprint density at radius 3 is 2.66 bits per heavy atom. The third-order valence-electron chi connectivity index (χ3n) is 4.81. The summed E-state index contributed by atoms with van der Waals surface area (Å²) in [5.74, 6) is 0.673. The molecular formula is C21H22F2N4O2. The molecule has 3 N–H and O–H groups in total. The lowest BCUT2D eigenvalue weighted by molar-refractivity contribution is -0.0498. The van der Waals surface area contributed by atoms with E-state index in [1.165, 1.54) is 12.1 Å². The summed E-state index contributed by atoms with van der Waals surface area (Å²) in [6.07, 6.45) is 3.10. The van der Waals surface area contributed by atoms with Gasteiger partial charge < -0.3 is 20.7 Å². The molecule has 2 aromatic carbocycles. The number of carbonyl (C=O) groups is 1. The highest BCUT2D eigenvalue weighted by molar-refractivity contribution is 6.03. The minimum atomic E-state index is -2.87. The quantitative estimate of drug-likeness (QED) is 0.684. The molecule has 1 heterocycles. The lowest BCUT2D eigenvalue weighted by Crippen LogP contribution is -2.44. The second-order valence-electron chi connectivity index (χ2n) is 7.08. The predicted octanol–water partition coefficient (Wildman–Crippen LogP) is 3.99. The van der Waals surface area contributed by atoms with Crippen LogP contribution in [0.4, 0.5) is 20.2 Å². The van der Waals surface area contributed by atoms with Crippen molar-refractivity contribution in [2.24, 2.45) is 4.99 Å². The van der Waals surface area contributed by atoms with Gasteiger partial charge in [0.2, 0.25) is 0 Å². The Morgan fingerprint density at radius 1 is 1.14 bits per heavy atom. The Kier molecular flexibility index (Phi) is 5.59. The highest BCUT2D eigenvalue weighted by Crippen LogP contribution is 2.44. The molecule has 6 nitrogen and oxygen atoms in total. The summed E-state index contributed by atoms with van der Waals surface area (Å²) in [6.45, 7) is -1.28. The molecule has 2 aliphatic rings. The molecule has 0 bridgehead atoms. The lowest BCUT2D eigenvalue weighted by Gasteiger charge is -2.17. The van der Waals surface area contributed by atoms with E-state index in [0.29, 0.717) is 23.1 Å². The zero-order valence-electron chi connectivity index (χ0n) is 15.8. The molecule has 2 aromatic rings. The van der Waals surface area contributed by atoms with Gasteiger partial charge in [-0.2, -0.15) is 13.8 Å². The number of carbonyl (C=O) groups excluding carboxylic acids is 1. The molecule has 0 unspecified atom stereocenters. The van der Waals surface area contributed by atoms with Crippen molar-refractivity contribution in [1.82, 2.24) is 10.6 Å². The van der Waals surface area contributed by atoms with Crippen molar-refractivity contribution in [3.8, 4) is 5.75 Å². The number of halogens is 2. The van der Waals surface area contributed by atoms with E-state index in [0.717, 1.165) is 43.6 Å². The van der Waals surface area contributed by atoms with E-state index in [9.17, 15) is 13.6 Å². The van der Waals surface area contributed by atoms with Gasteiger partial charge in [-0.15, -0.1) is 0 Å². The van der Waals surface area contributed by atoms with E-state index in [4.69, 9.17) is 0 Å². The maximum atomic E-state index is 12.5. The highest BCUT2D eigenvalue weighted by atomic mass is 19.3. The molecule has 1 aliphatic heterocycles. The smallest absolute Gasteiger partial charge is 0.387 e. The van der Waals surface area contributed by atoms with Gasteiger partial charge in [0.1, 0.15) is 5.75 Å². The van der Waals surface area contributed by atoms with E-state index < -0.39 is 6.61 Å². The Morgan fingerprint density at radius 2 is 1.93 bits per heavy atom. The number of guanidine groups is 1. The normalized spacial score (nSPS) is 16.0. The van der Waals surface area contributed by atoms with E-state index in [1.54, 1.807) is 18.2 Å². The summed E-state index contributed by atoms with van der Waals surface area (Å²) < 4.78 is 29.4. The number of hydrogen-bond acceptors (Lipinski definition) is 3. The molecule has 0 atom stereocenters. The summed E-state index contributed by atoms with van der Waals surface area (Å²) in [7, 11) is 0. The summed E-state index contributed by atoms with van der Waals surface area (Å²) in [5.41, 5.74) is 3.04. The first-order valence-electron chi connectivity index (χ1n) is 9.65. The molecule has 4 rings (SSSR count). The summed E-state index contributed by atoms with van der Waals surface area (Å²) in [6, 6.07) is 11.9. The Hall–Kier alpha value is -3.16. The number of anilines is 2. The first-order chi connectivity index (χ1) is 14.1. The van der Waals surface area contributed by atoms with Gasteiger partial charge in [-0.3, -0.25) is 4.79 Å². The summed E-state index contributed by atoms with van der Waals surface area (Å²) >= 11 is 0. The third kappa shape index (κ3) is 5.01. The van der Waals surface area contributed by atoms with E-state index in [2.05, 4.69) is 25.7 Å². The molecule has 0 spiro atoms. The molecule has 1 saturated heterocycles. The third-order valence-corrected chi connectivity index (χ3v) is 4.81. The molecule has 1 saturated carbocycles. The number of alkyl halides is 2. The summed E-state index contributed by atoms with van der Waals surface area (Å²) in [4.78, 5) is 16.7. The van der Waals surface area contributed by atoms with Gasteiger partial charge >= 0.3 is 6.61 Å². The fourth-order valence-electron chi connectivity index (χ4n) is 3.26. The van der Waals surface area contributed by atoms with Crippen LogP contribution in [0.3, 0.4) is 0 Å². The second kappa shape index (κ2) is 8.46. The maximum absolute atomic E-state index is 12.5. The fraction of sp³-hybridized carbons (Fsp3) is 0.333. The number of aliphatic imine (C=N–C) groups is 1. The van der Waals surface area contributed by atoms with Gasteiger partial charge in [0, 0.05) is 36.1 Å². The van der Waals surface area contributed by atoms with Crippen molar-refractivity contribution in [3.05, 3.63) is 53.6 Å². The van der Waals surface area contributed by atoms with Crippen LogP contribution in [0, 0.1) is 0 Å². The number of hydrogen-bond donors (Lipinski definition) is 3. The second-order valence-corrected chi connectivity index (χ2v) is 7.08. The van der Waals surface area contributed by atoms with Crippen LogP contribution in [0.15, 0.2) is 47.5 Å². The van der Waals surface area contributed by atoms with Crippen molar-refractivity contribution >= 4 is 23.2 Å². The maximum Gasteiger partial charge on any atom is 0.387 e. The predicted molar refractivity (Wildman–Crippen MR) is 107 cm³/mol. The minimum Gasteiger partial charge on any atom is -0.435 e. The van der Waals surface area contributed by atoms with Crippen LogP contribution in [0.2, 0.25) is 0 Å². The van der Waals surface area contributed by atoms with Gasteiger partial charge in [0.15, 0.2) is 5.96 Å². The standard InChI is InChI=1S/C21H22F2N4O2/c22-20(23)29-16-4-1-3-15(12-16)26-18-8-7-14(11-17(18)13-5-6-13)19(28)27-21-24-9-2-10-25-21/h1,3-4,7-8,11-13,20,26H,2,5-6,9-10H2,(H2,24,25,27,28). The van der Waals surface area contributed by atoms with Crippen LogP contribution in [0.5, 0.6) is 5.75 Å². The van der Waals surface area contributed by atoms with Crippen LogP contribution >= 0.6 is 0 Å². The Bertz CT molecular complexity index is 921. The van der Waals surface area contributed by atoms with Crippen LogP contribution in [-0.2, 0) is 0 Å². The molecule has 1 aliphatic carbocycles. The number of amides is 1. The SMILES string of the molecule is O=C(N=C1NCCCN1)c1ccc(Nc2cccc(OC(F)F)c2)c(C2CC2)c1. The largest absolute Gasteiger partial charge is 0.435 e. The Labute approximate surface area is 167 Å². The minimum absolute atomic E-state index is 0.0908. The number of benzene rings is 2. The van der Waals surface area contributed by atoms with Gasteiger partial charge in [-0.1, -0.05) is 6.07 Å². The Balaban J connectivity index is 1.55. The van der Waals surface area contributed by atoms with Crippen LogP contribution in [0.25, 0.3) is 0 Å². The number of rotatable bonds is 6. The average molecular weight is 400 g/mol. The van der Waals surface area contributed by atoms with Gasteiger partial charge in [-0.05, 0) is 61.1 Å². The van der Waals surface area contributed by atoms with Crippen molar-refractivity contribution in [1.29, 1.82) is 0 Å². The highest BCUT2D eigenvalue weighted by Gasteiger charge is 2.27. The van der Waals surface area contributed by atoms with E-state index in [-0.39, 0.29) is 11.7 Å². The van der Waals surface area contributed by atoms with Gasteiger partial charge in [0.25, 0.3) is 5.91 Å². The summed E-state index contributed by atoms with van der Waals surface area (Å²) in [5, 5.41) is 9.40. The van der Waals surface area contributed by atoms with Crippen molar-refractivity contribution < 1.29 is 18.3 Å². The molecule has 0 radical (unpaired) electrons. The molecule has 8 heteroatoms. The molecule has 29 heavy (non-hydrogen) atoms. The van der Waals surface area contributed by atoms with E-state index in [1.807, 2.05) is 12.1 Å². The monoisotopic (exact) mass is 400 g/mol. The first kappa shape index (κ1) is 19.2. The van der Waals surface area contributed by atoms with Crippen molar-refractivity contribution in [2.75, 3.05) is 18.4 Å². The zero-order chi connectivity index (χ0) is 20.2. The van der Waals surface area contributed by atoms with Crippen LogP contribution < -0.4 is 20.7 Å². The topological polar surface area (TPSA) is 74.8 Å². The number of ether oxygens (including phenoxy) is 1. The molecule has 152 valence electrons. The molecule has 0 aromatic heterocycles. The molecule has 1 amide bonds. The molecular weight excluding hydrogens is 378 g/mol. The average Bonchev–Trinajstić information content (AvgIpc) is 3.54. The lowest BCUT2D eigenvalue weighted by atomic mass is 10.0. The van der Waals surface area contributed by atoms with Crippen molar-refractivity contribution in [3.63, 3.8) is 0 Å². The molecule has 2 fully saturated rings. The van der Waals surface area contributed by atoms with Gasteiger partial charge in [-0.25, -0.2) is 0 Å². The van der Waals surface area contributed by atoms with Crippen LogP contribution in [-0.4, -0.2) is 31.6 Å². The van der Waals surface area contributed by atoms with Crippen molar-refractivity contribution in [2.45, 2.75) is 31.8 Å². The van der Waals surface area contributed by atoms with Crippen LogP contribution in [0.1, 0.15) is 41.1 Å². The van der Waals surface area contributed by atoms with E-state index >= 15 is 0 Å².